The zero-order valence-corrected chi connectivity index (χ0v) is 12.3. The van der Waals surface area contributed by atoms with Crippen LogP contribution in [0.5, 0.6) is 5.75 Å². The van der Waals surface area contributed by atoms with Crippen LogP contribution in [0.15, 0.2) is 18.2 Å². The van der Waals surface area contributed by atoms with Gasteiger partial charge in [-0.3, -0.25) is 4.90 Å². The molecule has 0 atom stereocenters. The van der Waals surface area contributed by atoms with Crippen molar-refractivity contribution in [1.82, 2.24) is 10.2 Å². The number of rotatable bonds is 7. The van der Waals surface area contributed by atoms with Gasteiger partial charge in [-0.15, -0.1) is 0 Å². The largest absolute Gasteiger partial charge is 0.505 e. The van der Waals surface area contributed by atoms with Crippen molar-refractivity contribution in [1.29, 1.82) is 0 Å². The Kier molecular flexibility index (Phi) is 6.25. The smallest absolute Gasteiger partial charge is 0.165 e. The third-order valence-electron chi connectivity index (χ3n) is 3.21. The zero-order chi connectivity index (χ0) is 14.4. The van der Waals surface area contributed by atoms with Gasteiger partial charge in [0, 0.05) is 31.7 Å². The third-order valence-corrected chi connectivity index (χ3v) is 3.21. The molecule has 1 aromatic rings. The first kappa shape index (κ1) is 15.9. The number of hydrogen-bond donors (Lipinski definition) is 2. The van der Waals surface area contributed by atoms with E-state index in [2.05, 4.69) is 37.9 Å². The Morgan fingerprint density at radius 1 is 1.21 bits per heavy atom. The molecular formula is C15H25FN2O. The van der Waals surface area contributed by atoms with E-state index in [1.165, 1.54) is 12.1 Å². The van der Waals surface area contributed by atoms with Crippen LogP contribution in [-0.2, 0) is 6.54 Å². The number of phenolic OH excluding ortho intramolecular Hbond substituents is 1. The second-order valence-corrected chi connectivity index (χ2v) is 5.39. The van der Waals surface area contributed by atoms with E-state index < -0.39 is 5.82 Å². The standard InChI is InChI=1S/C15H25FN2O/c1-11(2)18(12(3)4)8-7-17-10-13-5-6-15(19)14(16)9-13/h5-6,9,11-12,17,19H,7-8,10H2,1-4H3. The molecule has 0 bridgehead atoms. The average molecular weight is 268 g/mol. The first-order valence-electron chi connectivity index (χ1n) is 6.85. The molecule has 0 aliphatic carbocycles. The molecule has 1 aromatic carbocycles. The van der Waals surface area contributed by atoms with Crippen molar-refractivity contribution in [2.75, 3.05) is 13.1 Å². The van der Waals surface area contributed by atoms with Crippen molar-refractivity contribution in [3.05, 3.63) is 29.6 Å². The molecule has 2 N–H and O–H groups in total. The van der Waals surface area contributed by atoms with Crippen LogP contribution in [0.3, 0.4) is 0 Å². The lowest BCUT2D eigenvalue weighted by Crippen LogP contribution is -2.41. The summed E-state index contributed by atoms with van der Waals surface area (Å²) in [5.74, 6) is -0.861. The summed E-state index contributed by atoms with van der Waals surface area (Å²) in [5, 5.41) is 12.4. The van der Waals surface area contributed by atoms with Gasteiger partial charge in [0.1, 0.15) is 0 Å². The van der Waals surface area contributed by atoms with E-state index in [-0.39, 0.29) is 5.75 Å². The Bertz CT molecular complexity index is 386. The Morgan fingerprint density at radius 2 is 1.84 bits per heavy atom. The zero-order valence-electron chi connectivity index (χ0n) is 12.3. The SMILES string of the molecule is CC(C)N(CCNCc1ccc(O)c(F)c1)C(C)C. The van der Waals surface area contributed by atoms with Crippen LogP contribution >= 0.6 is 0 Å². The number of aromatic hydroxyl groups is 1. The first-order chi connectivity index (χ1) is 8.91. The molecule has 0 fully saturated rings. The van der Waals surface area contributed by atoms with Crippen molar-refractivity contribution < 1.29 is 9.50 Å². The maximum atomic E-state index is 13.1. The van der Waals surface area contributed by atoms with Crippen LogP contribution in [0, 0.1) is 5.82 Å². The van der Waals surface area contributed by atoms with Crippen LogP contribution in [0.4, 0.5) is 4.39 Å². The molecule has 0 radical (unpaired) electrons. The van der Waals surface area contributed by atoms with Crippen molar-refractivity contribution in [3.63, 3.8) is 0 Å². The van der Waals surface area contributed by atoms with Crippen LogP contribution < -0.4 is 5.32 Å². The normalized spacial score (nSPS) is 11.8. The number of hydrogen-bond acceptors (Lipinski definition) is 3. The van der Waals surface area contributed by atoms with Crippen LogP contribution in [0.25, 0.3) is 0 Å². The molecule has 0 spiro atoms. The fourth-order valence-electron chi connectivity index (χ4n) is 2.21. The van der Waals surface area contributed by atoms with Gasteiger partial charge in [-0.2, -0.15) is 0 Å². The Hall–Kier alpha value is -1.13. The highest BCUT2D eigenvalue weighted by Crippen LogP contribution is 2.15. The van der Waals surface area contributed by atoms with Gasteiger partial charge in [-0.25, -0.2) is 4.39 Å². The molecule has 0 aliphatic heterocycles. The quantitative estimate of drug-likeness (QED) is 0.746. The van der Waals surface area contributed by atoms with Gasteiger partial charge in [0.05, 0.1) is 0 Å². The highest BCUT2D eigenvalue weighted by atomic mass is 19.1. The monoisotopic (exact) mass is 268 g/mol. The molecule has 4 heteroatoms. The van der Waals surface area contributed by atoms with E-state index in [4.69, 9.17) is 5.11 Å². The maximum Gasteiger partial charge on any atom is 0.165 e. The van der Waals surface area contributed by atoms with Crippen molar-refractivity contribution in [2.45, 2.75) is 46.3 Å². The second-order valence-electron chi connectivity index (χ2n) is 5.39. The summed E-state index contributed by atoms with van der Waals surface area (Å²) in [6.45, 7) is 11.2. The summed E-state index contributed by atoms with van der Waals surface area (Å²) in [5.41, 5.74) is 0.843. The number of halogens is 1. The second kappa shape index (κ2) is 7.46. The van der Waals surface area contributed by atoms with Crippen LogP contribution in [-0.4, -0.2) is 35.2 Å². The van der Waals surface area contributed by atoms with E-state index in [0.717, 1.165) is 18.7 Å². The summed E-state index contributed by atoms with van der Waals surface area (Å²) >= 11 is 0. The Balaban J connectivity index is 2.36. The van der Waals surface area contributed by atoms with Gasteiger partial charge in [0.15, 0.2) is 11.6 Å². The van der Waals surface area contributed by atoms with Crippen molar-refractivity contribution >= 4 is 0 Å². The predicted octanol–water partition coefficient (Wildman–Crippen LogP) is 2.74. The lowest BCUT2D eigenvalue weighted by molar-refractivity contribution is 0.176. The van der Waals surface area contributed by atoms with Gasteiger partial charge in [0.25, 0.3) is 0 Å². The van der Waals surface area contributed by atoms with E-state index >= 15 is 0 Å². The molecule has 108 valence electrons. The van der Waals surface area contributed by atoms with Gasteiger partial charge in [-0.05, 0) is 45.4 Å². The fourth-order valence-corrected chi connectivity index (χ4v) is 2.21. The van der Waals surface area contributed by atoms with E-state index in [0.29, 0.717) is 18.6 Å². The molecule has 0 aliphatic rings. The lowest BCUT2D eigenvalue weighted by Gasteiger charge is -2.30. The van der Waals surface area contributed by atoms with Crippen LogP contribution in [0.2, 0.25) is 0 Å². The number of benzene rings is 1. The Morgan fingerprint density at radius 3 is 2.37 bits per heavy atom. The first-order valence-corrected chi connectivity index (χ1v) is 6.85. The summed E-state index contributed by atoms with van der Waals surface area (Å²) < 4.78 is 13.1. The summed E-state index contributed by atoms with van der Waals surface area (Å²) in [6.07, 6.45) is 0. The molecule has 0 heterocycles. The summed E-state index contributed by atoms with van der Waals surface area (Å²) in [7, 11) is 0. The van der Waals surface area contributed by atoms with Gasteiger partial charge < -0.3 is 10.4 Å². The van der Waals surface area contributed by atoms with Gasteiger partial charge in [0.2, 0.25) is 0 Å². The topological polar surface area (TPSA) is 35.5 Å². The molecule has 0 saturated heterocycles. The minimum Gasteiger partial charge on any atom is -0.505 e. The molecule has 0 aromatic heterocycles. The van der Waals surface area contributed by atoms with E-state index in [9.17, 15) is 4.39 Å². The average Bonchev–Trinajstić information content (AvgIpc) is 2.32. The fraction of sp³-hybridized carbons (Fsp3) is 0.600. The van der Waals surface area contributed by atoms with E-state index in [1.807, 2.05) is 0 Å². The van der Waals surface area contributed by atoms with Gasteiger partial charge in [-0.1, -0.05) is 6.07 Å². The Labute approximate surface area is 115 Å². The number of phenols is 1. The van der Waals surface area contributed by atoms with Crippen molar-refractivity contribution in [2.24, 2.45) is 0 Å². The molecule has 1 rings (SSSR count). The predicted molar refractivity (Wildman–Crippen MR) is 76.7 cm³/mol. The highest BCUT2D eigenvalue weighted by molar-refractivity contribution is 5.27. The molecule has 0 amide bonds. The summed E-state index contributed by atoms with van der Waals surface area (Å²) in [4.78, 5) is 2.41. The lowest BCUT2D eigenvalue weighted by atomic mass is 10.2. The third kappa shape index (κ3) is 5.17. The van der Waals surface area contributed by atoms with Crippen molar-refractivity contribution in [3.8, 4) is 5.75 Å². The summed E-state index contributed by atoms with van der Waals surface area (Å²) in [6, 6.07) is 5.53. The van der Waals surface area contributed by atoms with Crippen LogP contribution in [0.1, 0.15) is 33.3 Å². The molecule has 19 heavy (non-hydrogen) atoms. The maximum absolute atomic E-state index is 13.1. The molecule has 0 unspecified atom stereocenters. The van der Waals surface area contributed by atoms with Gasteiger partial charge >= 0.3 is 0 Å². The minimum absolute atomic E-state index is 0.297. The van der Waals surface area contributed by atoms with E-state index in [1.54, 1.807) is 6.07 Å². The highest BCUT2D eigenvalue weighted by Gasteiger charge is 2.12. The number of nitrogens with one attached hydrogen (secondary N) is 1. The molecule has 3 nitrogen and oxygen atoms in total. The minimum atomic E-state index is -0.565. The molecule has 0 saturated carbocycles. The number of nitrogens with zero attached hydrogens (tertiary/aromatic N) is 1. The molecular weight excluding hydrogens is 243 g/mol.